The lowest BCUT2D eigenvalue weighted by Crippen LogP contribution is -2.62. The minimum Gasteiger partial charge on any atom is -0.593 e. The molecule has 0 saturated carbocycles. The fourth-order valence-electron chi connectivity index (χ4n) is 3.83. The van der Waals surface area contributed by atoms with Gasteiger partial charge in [0.15, 0.2) is 0 Å². The van der Waals surface area contributed by atoms with Gasteiger partial charge in [0.05, 0.1) is 12.3 Å². The van der Waals surface area contributed by atoms with Gasteiger partial charge in [-0.15, -0.1) is 0 Å². The summed E-state index contributed by atoms with van der Waals surface area (Å²) in [7, 11) is 0. The van der Waals surface area contributed by atoms with Crippen molar-refractivity contribution >= 4 is 30.3 Å². The quantitative estimate of drug-likeness (QED) is 0.765. The van der Waals surface area contributed by atoms with Crippen LogP contribution in [0.4, 0.5) is 4.39 Å². The van der Waals surface area contributed by atoms with Crippen molar-refractivity contribution < 1.29 is 27.8 Å². The molecular weight excluding hydrogens is 348 g/mol. The first-order chi connectivity index (χ1) is 12.9. The zero-order valence-corrected chi connectivity index (χ0v) is 15.1. The fourth-order valence-corrected chi connectivity index (χ4v) is 3.83. The van der Waals surface area contributed by atoms with E-state index in [1.54, 1.807) is 23.7 Å². The van der Waals surface area contributed by atoms with E-state index in [9.17, 15) is 14.0 Å². The van der Waals surface area contributed by atoms with Crippen LogP contribution in [-0.4, -0.2) is 29.3 Å². The zero-order valence-electron chi connectivity index (χ0n) is 15.1. The molecule has 138 valence electrons. The summed E-state index contributed by atoms with van der Waals surface area (Å²) in [5.74, 6) is -2.15. The third kappa shape index (κ3) is 2.74. The molecule has 3 atom stereocenters. The Labute approximate surface area is 156 Å². The van der Waals surface area contributed by atoms with Gasteiger partial charge >= 0.3 is 6.69 Å². The normalized spacial score (nSPS) is 25.3. The van der Waals surface area contributed by atoms with Gasteiger partial charge in [-0.25, -0.2) is 4.39 Å². The minimum absolute atomic E-state index is 0.0689. The van der Waals surface area contributed by atoms with E-state index in [0.717, 1.165) is 5.56 Å². The van der Waals surface area contributed by atoms with E-state index in [2.05, 4.69) is 0 Å². The second kappa shape index (κ2) is 6.34. The van der Waals surface area contributed by atoms with Crippen LogP contribution in [0.15, 0.2) is 48.5 Å². The van der Waals surface area contributed by atoms with E-state index >= 15 is 0 Å². The van der Waals surface area contributed by atoms with Crippen LogP contribution < -0.4 is 5.46 Å². The first-order valence-electron chi connectivity index (χ1n) is 8.98. The van der Waals surface area contributed by atoms with Gasteiger partial charge in [0.25, 0.3) is 11.9 Å². The maximum Gasteiger partial charge on any atom is 0.684 e. The van der Waals surface area contributed by atoms with Crippen LogP contribution in [0.3, 0.4) is 0 Å². The number of carbonyl (C=O) groups is 2. The molecule has 0 amide bonds. The fraction of sp³-hybridized carbons (Fsp3) is 0.250. The van der Waals surface area contributed by atoms with Crippen LogP contribution in [0.1, 0.15) is 37.4 Å². The predicted molar refractivity (Wildman–Crippen MR) is 98.0 cm³/mol. The van der Waals surface area contributed by atoms with E-state index < -0.39 is 30.4 Å². The number of halogens is 1. The molecule has 5 nitrogen and oxygen atoms in total. The Morgan fingerprint density at radius 2 is 1.85 bits per heavy atom. The lowest BCUT2D eigenvalue weighted by molar-refractivity contribution is -0.467. The van der Waals surface area contributed by atoms with Crippen molar-refractivity contribution in [2.24, 2.45) is 5.92 Å². The molecule has 2 aromatic rings. The molecule has 1 saturated heterocycles. The predicted octanol–water partition coefficient (Wildman–Crippen LogP) is 2.30. The Balaban J connectivity index is 1.91. The molecule has 0 aromatic heterocycles. The Morgan fingerprint density at radius 1 is 1.11 bits per heavy atom. The summed E-state index contributed by atoms with van der Waals surface area (Å²) in [5, 5.41) is 0. The summed E-state index contributed by atoms with van der Waals surface area (Å²) in [6.07, 6.45) is 1.51. The minimum atomic E-state index is -2.67. The zero-order chi connectivity index (χ0) is 19.2. The van der Waals surface area contributed by atoms with Gasteiger partial charge in [-0.2, -0.15) is 0 Å². The van der Waals surface area contributed by atoms with Crippen molar-refractivity contribution in [3.05, 3.63) is 65.5 Å². The molecule has 2 aromatic carbocycles. The molecule has 1 spiro atoms. The lowest BCUT2D eigenvalue weighted by atomic mass is 9.62. The number of hydrogen-bond donors (Lipinski definition) is 0. The highest BCUT2D eigenvalue weighted by molar-refractivity contribution is 6.79. The molecular formula is C20H19BFNO4. The summed E-state index contributed by atoms with van der Waals surface area (Å²) >= 11 is 0. The van der Waals surface area contributed by atoms with Gasteiger partial charge in [-0.05, 0) is 18.5 Å². The van der Waals surface area contributed by atoms with E-state index in [-0.39, 0.29) is 18.0 Å². The second-order valence-electron chi connectivity index (χ2n) is 7.11. The lowest BCUT2D eigenvalue weighted by Gasteiger charge is -2.34. The van der Waals surface area contributed by atoms with E-state index in [4.69, 9.17) is 9.31 Å². The number of fused-ring (bicyclic) bond motifs is 2. The molecule has 0 bridgehead atoms. The van der Waals surface area contributed by atoms with Crippen LogP contribution in [0.2, 0.25) is 0 Å². The van der Waals surface area contributed by atoms with E-state index in [0.29, 0.717) is 5.46 Å². The SMILES string of the molecule is CC1CC(=O)O[B-]2(OC1=O)c1cccc(F)c1C=[N+]2[C@H](C)c1ccccc1. The Bertz CT molecular complexity index is 962. The molecule has 2 aliphatic heterocycles. The molecule has 4 rings (SSSR count). The van der Waals surface area contributed by atoms with Crippen LogP contribution in [0, 0.1) is 11.7 Å². The maximum absolute atomic E-state index is 14.5. The number of carbonyl (C=O) groups excluding carboxylic acids is 2. The van der Waals surface area contributed by atoms with Crippen molar-refractivity contribution in [2.75, 3.05) is 0 Å². The monoisotopic (exact) mass is 367 g/mol. The van der Waals surface area contributed by atoms with Crippen molar-refractivity contribution in [2.45, 2.75) is 26.3 Å². The molecule has 2 heterocycles. The standard InChI is InChI=1S/C20H19BFNO4/c1-13-11-19(24)26-21(27-20(13)25)17-9-6-10-18(22)16(17)12-23(21)14(2)15-7-4-3-5-8-15/h3-10,12-14H,11H2,1-2H3/t13?,14-,21?/m1/s1. The summed E-state index contributed by atoms with van der Waals surface area (Å²) in [4.78, 5) is 25.0. The second-order valence-corrected chi connectivity index (χ2v) is 7.11. The van der Waals surface area contributed by atoms with Crippen LogP contribution in [-0.2, 0) is 18.9 Å². The van der Waals surface area contributed by atoms with Crippen LogP contribution in [0.25, 0.3) is 0 Å². The summed E-state index contributed by atoms with van der Waals surface area (Å²) in [6.45, 7) is 0.843. The van der Waals surface area contributed by atoms with Crippen molar-refractivity contribution in [3.8, 4) is 0 Å². The maximum atomic E-state index is 14.5. The Kier molecular flexibility index (Phi) is 4.10. The average molecular weight is 367 g/mol. The molecule has 2 aliphatic rings. The van der Waals surface area contributed by atoms with E-state index in [1.807, 2.05) is 37.3 Å². The van der Waals surface area contributed by atoms with Gasteiger partial charge in [0, 0.05) is 11.1 Å². The molecule has 7 heteroatoms. The average Bonchev–Trinajstić information content (AvgIpc) is 2.90. The highest BCUT2D eigenvalue weighted by atomic mass is 19.1. The van der Waals surface area contributed by atoms with Crippen LogP contribution >= 0.6 is 0 Å². The Morgan fingerprint density at radius 3 is 2.59 bits per heavy atom. The van der Waals surface area contributed by atoms with Gasteiger partial charge in [-0.3, -0.25) is 9.59 Å². The number of rotatable bonds is 2. The van der Waals surface area contributed by atoms with Crippen molar-refractivity contribution in [1.82, 2.24) is 0 Å². The van der Waals surface area contributed by atoms with Crippen LogP contribution in [0.5, 0.6) is 0 Å². The summed E-state index contributed by atoms with van der Waals surface area (Å²) in [6, 6.07) is 13.7. The van der Waals surface area contributed by atoms with Gasteiger partial charge in [0.1, 0.15) is 18.1 Å². The number of benzene rings is 2. The van der Waals surface area contributed by atoms with Crippen molar-refractivity contribution in [3.63, 3.8) is 0 Å². The summed E-state index contributed by atoms with van der Waals surface area (Å²) in [5.41, 5.74) is 1.57. The Hall–Kier alpha value is -2.96. The van der Waals surface area contributed by atoms with Gasteiger partial charge in [-0.1, -0.05) is 49.4 Å². The van der Waals surface area contributed by atoms with E-state index in [1.165, 1.54) is 12.1 Å². The first-order valence-corrected chi connectivity index (χ1v) is 8.98. The third-order valence-electron chi connectivity index (χ3n) is 5.32. The smallest absolute Gasteiger partial charge is 0.593 e. The highest BCUT2D eigenvalue weighted by Gasteiger charge is 2.59. The molecule has 1 fully saturated rings. The van der Waals surface area contributed by atoms with Crippen molar-refractivity contribution in [1.29, 1.82) is 0 Å². The molecule has 2 unspecified atom stereocenters. The first kappa shape index (κ1) is 17.5. The van der Waals surface area contributed by atoms with Gasteiger partial charge < -0.3 is 13.8 Å². The number of hydrogen-bond acceptors (Lipinski definition) is 4. The third-order valence-corrected chi connectivity index (χ3v) is 5.32. The largest absolute Gasteiger partial charge is 0.684 e. The topological polar surface area (TPSA) is 55.6 Å². The summed E-state index contributed by atoms with van der Waals surface area (Å²) < 4.78 is 27.7. The van der Waals surface area contributed by atoms with Gasteiger partial charge in [0.2, 0.25) is 0 Å². The molecule has 0 N–H and O–H groups in total. The molecule has 0 radical (unpaired) electrons. The molecule has 0 aliphatic carbocycles. The highest BCUT2D eigenvalue weighted by Crippen LogP contribution is 2.31. The number of nitrogens with zero attached hydrogens (tertiary/aromatic N) is 1. The molecule has 27 heavy (non-hydrogen) atoms.